The maximum absolute atomic E-state index is 12.6. The quantitative estimate of drug-likeness (QED) is 0.340. The van der Waals surface area contributed by atoms with Crippen molar-refractivity contribution < 1.29 is 22.8 Å². The maximum atomic E-state index is 12.6. The lowest BCUT2D eigenvalue weighted by molar-refractivity contribution is -0.384. The number of halogens is 3. The van der Waals surface area contributed by atoms with Crippen LogP contribution in [0.1, 0.15) is 26.3 Å². The fraction of sp³-hybridized carbons (Fsp3) is 0.273. The number of nitrogens with one attached hydrogen (secondary N) is 2. The molecule has 2 N–H and O–H groups in total. The summed E-state index contributed by atoms with van der Waals surface area (Å²) < 4.78 is 41.9. The predicted molar refractivity (Wildman–Crippen MR) is 118 cm³/mol. The van der Waals surface area contributed by atoms with Crippen LogP contribution in [0.3, 0.4) is 0 Å². The van der Waals surface area contributed by atoms with Crippen molar-refractivity contribution in [3.63, 3.8) is 0 Å². The highest BCUT2D eigenvalue weighted by Gasteiger charge is 2.31. The van der Waals surface area contributed by atoms with E-state index < -0.39 is 11.3 Å². The van der Waals surface area contributed by atoms with E-state index in [4.69, 9.17) is 0 Å². The number of benzene rings is 2. The summed E-state index contributed by atoms with van der Waals surface area (Å²) in [4.78, 5) is 19.4. The number of non-ortho nitro benzene ring substituents is 1. The van der Waals surface area contributed by atoms with Crippen LogP contribution in [0.5, 0.6) is 5.75 Å². The summed E-state index contributed by atoms with van der Waals surface area (Å²) in [6, 6.07) is 13.2. The third-order valence-electron chi connectivity index (χ3n) is 4.17. The summed E-state index contributed by atoms with van der Waals surface area (Å²) in [7, 11) is 0. The van der Waals surface area contributed by atoms with Gasteiger partial charge in [-0.15, -0.1) is 13.2 Å². The monoisotopic (exact) mass is 461 g/mol. The molecule has 33 heavy (non-hydrogen) atoms. The lowest BCUT2D eigenvalue weighted by Gasteiger charge is -2.21. The largest absolute Gasteiger partial charge is 0.573 e. The standard InChI is InChI=1S/C22H22F3N5O3/c1-21(2,3)29-20-27-18(15-7-5-9-17(11-15)33-22(23,24)25)12-19(28-20)26-13-14-6-4-8-16(10-14)30(31)32/h4-12H,13H2,1-3H3,(H2,26,27,28,29). The minimum absolute atomic E-state index is 0.0331. The highest BCUT2D eigenvalue weighted by atomic mass is 19.4. The number of hydrogen-bond acceptors (Lipinski definition) is 7. The van der Waals surface area contributed by atoms with Crippen molar-refractivity contribution in [3.05, 3.63) is 70.3 Å². The SMILES string of the molecule is CC(C)(C)Nc1nc(NCc2cccc([N+](=O)[O-])c2)cc(-c2cccc(OC(F)(F)F)c2)n1. The number of aromatic nitrogens is 2. The van der Waals surface area contributed by atoms with Gasteiger partial charge >= 0.3 is 6.36 Å². The number of anilines is 2. The van der Waals surface area contributed by atoms with Gasteiger partial charge in [-0.2, -0.15) is 4.98 Å². The van der Waals surface area contributed by atoms with Crippen molar-refractivity contribution in [2.75, 3.05) is 10.6 Å². The number of nitrogens with zero attached hydrogens (tertiary/aromatic N) is 3. The molecule has 0 amide bonds. The Hall–Kier alpha value is -3.89. The first-order valence-electron chi connectivity index (χ1n) is 9.89. The molecule has 0 aliphatic rings. The van der Waals surface area contributed by atoms with E-state index in [1.807, 2.05) is 20.8 Å². The van der Waals surface area contributed by atoms with Crippen molar-refractivity contribution >= 4 is 17.5 Å². The summed E-state index contributed by atoms with van der Waals surface area (Å²) in [5.74, 6) is 0.291. The molecule has 0 unspecified atom stereocenters. The molecule has 0 bridgehead atoms. The molecule has 11 heteroatoms. The highest BCUT2D eigenvalue weighted by Crippen LogP contribution is 2.29. The van der Waals surface area contributed by atoms with E-state index in [1.165, 1.54) is 30.3 Å². The van der Waals surface area contributed by atoms with E-state index in [9.17, 15) is 23.3 Å². The lowest BCUT2D eigenvalue weighted by atomic mass is 10.1. The molecule has 8 nitrogen and oxygen atoms in total. The number of rotatable bonds is 7. The van der Waals surface area contributed by atoms with Gasteiger partial charge in [0.05, 0.1) is 10.6 Å². The van der Waals surface area contributed by atoms with Crippen LogP contribution in [-0.4, -0.2) is 26.8 Å². The third-order valence-corrected chi connectivity index (χ3v) is 4.17. The zero-order valence-corrected chi connectivity index (χ0v) is 18.1. The number of ether oxygens (including phenoxy) is 1. The Morgan fingerprint density at radius 2 is 1.76 bits per heavy atom. The van der Waals surface area contributed by atoms with E-state index >= 15 is 0 Å². The van der Waals surface area contributed by atoms with Crippen molar-refractivity contribution in [1.82, 2.24) is 9.97 Å². The third kappa shape index (κ3) is 7.34. The van der Waals surface area contributed by atoms with Gasteiger partial charge in [0, 0.05) is 35.8 Å². The average molecular weight is 461 g/mol. The van der Waals surface area contributed by atoms with Gasteiger partial charge < -0.3 is 15.4 Å². The van der Waals surface area contributed by atoms with Gasteiger partial charge in [-0.25, -0.2) is 4.98 Å². The van der Waals surface area contributed by atoms with Crippen molar-refractivity contribution in [2.24, 2.45) is 0 Å². The fourth-order valence-electron chi connectivity index (χ4n) is 2.90. The van der Waals surface area contributed by atoms with Crippen LogP contribution in [0.15, 0.2) is 54.6 Å². The molecule has 0 atom stereocenters. The number of nitro benzene ring substituents is 1. The molecule has 1 aromatic heterocycles. The van der Waals surface area contributed by atoms with E-state index in [2.05, 4.69) is 25.3 Å². The molecular weight excluding hydrogens is 439 g/mol. The van der Waals surface area contributed by atoms with Gasteiger partial charge in [0.15, 0.2) is 0 Å². The Morgan fingerprint density at radius 1 is 1.03 bits per heavy atom. The van der Waals surface area contributed by atoms with Crippen LogP contribution in [0.4, 0.5) is 30.6 Å². The molecule has 0 saturated heterocycles. The zero-order chi connectivity index (χ0) is 24.2. The predicted octanol–water partition coefficient (Wildman–Crippen LogP) is 5.77. The van der Waals surface area contributed by atoms with Crippen molar-refractivity contribution in [2.45, 2.75) is 39.2 Å². The second-order valence-corrected chi connectivity index (χ2v) is 8.19. The Kier molecular flexibility index (Phi) is 6.70. The fourth-order valence-corrected chi connectivity index (χ4v) is 2.90. The molecule has 2 aromatic carbocycles. The summed E-state index contributed by atoms with van der Waals surface area (Å²) in [5.41, 5.74) is 1.02. The van der Waals surface area contributed by atoms with Crippen molar-refractivity contribution in [1.29, 1.82) is 0 Å². The molecule has 0 radical (unpaired) electrons. The summed E-state index contributed by atoms with van der Waals surface area (Å²) >= 11 is 0. The van der Waals surface area contributed by atoms with E-state index in [1.54, 1.807) is 24.3 Å². The molecule has 0 fully saturated rings. The summed E-state index contributed by atoms with van der Waals surface area (Å²) in [5, 5.41) is 17.2. The first kappa shape index (κ1) is 23.8. The molecule has 3 aromatic rings. The topological polar surface area (TPSA) is 102 Å². The van der Waals surface area contributed by atoms with Gasteiger partial charge in [-0.3, -0.25) is 10.1 Å². The molecule has 0 saturated carbocycles. The zero-order valence-electron chi connectivity index (χ0n) is 18.1. The molecule has 0 aliphatic carbocycles. The van der Waals surface area contributed by atoms with Crippen LogP contribution in [0.2, 0.25) is 0 Å². The minimum Gasteiger partial charge on any atom is -0.406 e. The van der Waals surface area contributed by atoms with Gasteiger partial charge in [0.2, 0.25) is 5.95 Å². The Morgan fingerprint density at radius 3 is 2.42 bits per heavy atom. The first-order valence-corrected chi connectivity index (χ1v) is 9.89. The second kappa shape index (κ2) is 9.31. The van der Waals surface area contributed by atoms with Gasteiger partial charge in [0.1, 0.15) is 11.6 Å². The molecular formula is C22H22F3N5O3. The molecule has 174 valence electrons. The smallest absolute Gasteiger partial charge is 0.406 e. The number of alkyl halides is 3. The number of nitro groups is 1. The summed E-state index contributed by atoms with van der Waals surface area (Å²) in [6.45, 7) is 5.98. The second-order valence-electron chi connectivity index (χ2n) is 8.19. The van der Waals surface area contributed by atoms with E-state index in [-0.39, 0.29) is 29.5 Å². The van der Waals surface area contributed by atoms with E-state index in [0.717, 1.165) is 0 Å². The minimum atomic E-state index is -4.81. The lowest BCUT2D eigenvalue weighted by Crippen LogP contribution is -2.27. The maximum Gasteiger partial charge on any atom is 0.573 e. The van der Waals surface area contributed by atoms with Crippen LogP contribution >= 0.6 is 0 Å². The van der Waals surface area contributed by atoms with Crippen LogP contribution < -0.4 is 15.4 Å². The van der Waals surface area contributed by atoms with Gasteiger partial charge in [-0.05, 0) is 38.5 Å². The van der Waals surface area contributed by atoms with Crippen LogP contribution in [0.25, 0.3) is 11.3 Å². The molecule has 1 heterocycles. The Bertz CT molecular complexity index is 1150. The Balaban J connectivity index is 1.92. The van der Waals surface area contributed by atoms with E-state index in [0.29, 0.717) is 22.6 Å². The highest BCUT2D eigenvalue weighted by molar-refractivity contribution is 5.66. The average Bonchev–Trinajstić information content (AvgIpc) is 2.70. The van der Waals surface area contributed by atoms with Gasteiger partial charge in [-0.1, -0.05) is 24.3 Å². The van der Waals surface area contributed by atoms with Gasteiger partial charge in [0.25, 0.3) is 5.69 Å². The molecule has 0 spiro atoms. The molecule has 3 rings (SSSR count). The van der Waals surface area contributed by atoms with Crippen LogP contribution in [0, 0.1) is 10.1 Å². The molecule has 0 aliphatic heterocycles. The van der Waals surface area contributed by atoms with Crippen LogP contribution in [-0.2, 0) is 6.54 Å². The first-order chi connectivity index (χ1) is 15.4. The summed E-state index contributed by atoms with van der Waals surface area (Å²) in [6.07, 6.45) is -4.81. The number of hydrogen-bond donors (Lipinski definition) is 2. The van der Waals surface area contributed by atoms with Crippen molar-refractivity contribution in [3.8, 4) is 17.0 Å². The normalized spacial score (nSPS) is 11.7. The Labute approximate surface area is 188 Å².